The summed E-state index contributed by atoms with van der Waals surface area (Å²) < 4.78 is 11.1. The maximum absolute atomic E-state index is 11.1. The van der Waals surface area contributed by atoms with Crippen LogP contribution < -0.4 is 5.32 Å². The van der Waals surface area contributed by atoms with Gasteiger partial charge in [0.05, 0.1) is 0 Å². The van der Waals surface area contributed by atoms with Gasteiger partial charge in [0.1, 0.15) is 0 Å². The molecule has 0 aromatic carbocycles. The van der Waals surface area contributed by atoms with Gasteiger partial charge in [-0.25, -0.2) is 0 Å². The fraction of sp³-hybridized carbons (Fsp3) is 1.00. The molecule has 2 unspecified atom stereocenters. The number of nitrogens with one attached hydrogen (secondary N) is 1. The Hall–Kier alpha value is 0.110. The second kappa shape index (κ2) is 4.09. The molecule has 2 fully saturated rings. The van der Waals surface area contributed by atoms with Crippen LogP contribution in [0.3, 0.4) is 0 Å². The van der Waals surface area contributed by atoms with Crippen molar-refractivity contribution in [2.24, 2.45) is 16.7 Å². The molecule has 2 saturated carbocycles. The lowest BCUT2D eigenvalue weighted by atomic mass is 9.68. The molecule has 0 aliphatic heterocycles. The molecule has 1 N–H and O–H groups in total. The van der Waals surface area contributed by atoms with Crippen LogP contribution >= 0.6 is 0 Å². The molecule has 2 nitrogen and oxygen atoms in total. The van der Waals surface area contributed by atoms with Crippen molar-refractivity contribution in [2.45, 2.75) is 46.1 Å². The molecule has 3 heteroatoms. The lowest BCUT2D eigenvalue weighted by molar-refractivity contribution is 0.111. The molecule has 0 aromatic heterocycles. The summed E-state index contributed by atoms with van der Waals surface area (Å²) in [5.41, 5.74) is 0.908. The summed E-state index contributed by atoms with van der Waals surface area (Å²) in [4.78, 5) is 0. The van der Waals surface area contributed by atoms with Gasteiger partial charge in [-0.05, 0) is 36.0 Å². The zero-order valence-electron chi connectivity index (χ0n) is 11.0. The first-order chi connectivity index (χ1) is 7.36. The van der Waals surface area contributed by atoms with E-state index in [2.05, 4.69) is 26.1 Å². The van der Waals surface area contributed by atoms with Crippen molar-refractivity contribution in [2.75, 3.05) is 18.6 Å². The van der Waals surface area contributed by atoms with Crippen LogP contribution in [0.4, 0.5) is 0 Å². The molecule has 0 spiro atoms. The van der Waals surface area contributed by atoms with Gasteiger partial charge in [0.2, 0.25) is 0 Å². The van der Waals surface area contributed by atoms with Gasteiger partial charge in [-0.1, -0.05) is 20.8 Å². The maximum Gasteiger partial charge on any atom is 0.0357 e. The summed E-state index contributed by atoms with van der Waals surface area (Å²) >= 11 is 0. The summed E-state index contributed by atoms with van der Waals surface area (Å²) in [5, 5.41) is 3.68. The highest BCUT2D eigenvalue weighted by Gasteiger charge is 2.58. The van der Waals surface area contributed by atoms with E-state index in [1.54, 1.807) is 6.26 Å². The Labute approximate surface area is 102 Å². The van der Waals surface area contributed by atoms with Crippen molar-refractivity contribution in [3.05, 3.63) is 0 Å². The predicted molar refractivity (Wildman–Crippen MR) is 70.0 cm³/mol. The fourth-order valence-electron chi connectivity index (χ4n) is 4.16. The Kier molecular flexibility index (Phi) is 3.21. The van der Waals surface area contributed by atoms with Crippen molar-refractivity contribution in [1.82, 2.24) is 5.32 Å². The molecule has 0 amide bonds. The van der Waals surface area contributed by atoms with E-state index in [0.29, 0.717) is 16.9 Å². The van der Waals surface area contributed by atoms with Gasteiger partial charge < -0.3 is 5.32 Å². The molecular weight excluding hydrogens is 218 g/mol. The second-order valence-electron chi connectivity index (χ2n) is 6.58. The van der Waals surface area contributed by atoms with E-state index in [9.17, 15) is 4.21 Å². The zero-order valence-corrected chi connectivity index (χ0v) is 11.8. The lowest BCUT2D eigenvalue weighted by Crippen LogP contribution is -2.51. The summed E-state index contributed by atoms with van der Waals surface area (Å²) in [5.74, 6) is 1.68. The molecule has 0 saturated heterocycles. The van der Waals surface area contributed by atoms with Crippen molar-refractivity contribution in [3.8, 4) is 0 Å². The summed E-state index contributed by atoms with van der Waals surface area (Å²) in [6.07, 6.45) is 5.94. The zero-order chi connectivity index (χ0) is 12.0. The summed E-state index contributed by atoms with van der Waals surface area (Å²) in [7, 11) is -0.668. The van der Waals surface area contributed by atoms with E-state index in [-0.39, 0.29) is 0 Å². The first kappa shape index (κ1) is 12.6. The highest BCUT2D eigenvalue weighted by atomic mass is 32.2. The predicted octanol–water partition coefficient (Wildman–Crippen LogP) is 2.17. The standard InChI is InChI=1S/C13H25NOS/c1-12(2)10-5-6-13(3,9-10)11(12)14-7-8-16(4)15/h10-11,14H,5-9H2,1-4H3/t10-,11?,13+,16?/m0/s1. The molecule has 0 aromatic rings. The van der Waals surface area contributed by atoms with Crippen LogP contribution in [0.2, 0.25) is 0 Å². The van der Waals surface area contributed by atoms with E-state index < -0.39 is 10.8 Å². The Balaban J connectivity index is 2.00. The molecule has 2 aliphatic rings. The molecule has 2 rings (SSSR count). The van der Waals surface area contributed by atoms with Crippen LogP contribution in [0.15, 0.2) is 0 Å². The summed E-state index contributed by atoms with van der Waals surface area (Å²) in [6.45, 7) is 8.15. The van der Waals surface area contributed by atoms with Crippen LogP contribution in [0.5, 0.6) is 0 Å². The van der Waals surface area contributed by atoms with Crippen molar-refractivity contribution in [3.63, 3.8) is 0 Å². The summed E-state index contributed by atoms with van der Waals surface area (Å²) in [6, 6.07) is 0.613. The van der Waals surface area contributed by atoms with Crippen molar-refractivity contribution < 1.29 is 4.21 Å². The van der Waals surface area contributed by atoms with E-state index >= 15 is 0 Å². The topological polar surface area (TPSA) is 29.1 Å². The number of rotatable bonds is 4. The fourth-order valence-corrected chi connectivity index (χ4v) is 4.56. The third-order valence-electron chi connectivity index (χ3n) is 5.01. The highest BCUT2D eigenvalue weighted by molar-refractivity contribution is 7.84. The molecular formula is C13H25NOS. The Morgan fingerprint density at radius 2 is 2.06 bits per heavy atom. The van der Waals surface area contributed by atoms with Crippen molar-refractivity contribution in [1.29, 1.82) is 0 Å². The van der Waals surface area contributed by atoms with Crippen LogP contribution in [-0.2, 0) is 10.8 Å². The average Bonchev–Trinajstić information content (AvgIpc) is 2.62. The van der Waals surface area contributed by atoms with E-state index in [1.165, 1.54) is 19.3 Å². The SMILES string of the molecule is CS(=O)CCNC1C(C)(C)[C@H]2CC[C@]1(C)C2. The van der Waals surface area contributed by atoms with Crippen LogP contribution in [-0.4, -0.2) is 28.8 Å². The Morgan fingerprint density at radius 1 is 1.38 bits per heavy atom. The third kappa shape index (κ3) is 1.97. The van der Waals surface area contributed by atoms with Gasteiger partial charge in [0, 0.05) is 35.4 Å². The van der Waals surface area contributed by atoms with E-state index in [1.807, 2.05) is 0 Å². The highest BCUT2D eigenvalue weighted by Crippen LogP contribution is 2.62. The second-order valence-corrected chi connectivity index (χ2v) is 8.13. The minimum atomic E-state index is -0.668. The number of hydrogen-bond acceptors (Lipinski definition) is 2. The monoisotopic (exact) mass is 243 g/mol. The van der Waals surface area contributed by atoms with E-state index in [0.717, 1.165) is 18.2 Å². The lowest BCUT2D eigenvalue weighted by Gasteiger charge is -2.43. The first-order valence-electron chi connectivity index (χ1n) is 6.40. The van der Waals surface area contributed by atoms with E-state index in [4.69, 9.17) is 0 Å². The smallest absolute Gasteiger partial charge is 0.0357 e. The average molecular weight is 243 g/mol. The van der Waals surface area contributed by atoms with Crippen LogP contribution in [0.1, 0.15) is 40.0 Å². The molecule has 4 atom stereocenters. The molecule has 2 aliphatic carbocycles. The minimum Gasteiger partial charge on any atom is -0.312 e. The maximum atomic E-state index is 11.1. The number of hydrogen-bond donors (Lipinski definition) is 1. The van der Waals surface area contributed by atoms with Gasteiger partial charge >= 0.3 is 0 Å². The van der Waals surface area contributed by atoms with Gasteiger partial charge in [0.25, 0.3) is 0 Å². The van der Waals surface area contributed by atoms with Crippen LogP contribution in [0.25, 0.3) is 0 Å². The minimum absolute atomic E-state index is 0.419. The Bertz CT molecular complexity index is 298. The molecule has 16 heavy (non-hydrogen) atoms. The quantitative estimate of drug-likeness (QED) is 0.820. The first-order valence-corrected chi connectivity index (χ1v) is 8.12. The van der Waals surface area contributed by atoms with Crippen molar-refractivity contribution >= 4 is 10.8 Å². The number of fused-ring (bicyclic) bond motifs is 2. The van der Waals surface area contributed by atoms with Gasteiger partial charge in [-0.15, -0.1) is 0 Å². The molecule has 2 bridgehead atoms. The normalized spacial score (nSPS) is 42.5. The third-order valence-corrected chi connectivity index (χ3v) is 5.79. The van der Waals surface area contributed by atoms with Gasteiger partial charge in [0.15, 0.2) is 0 Å². The largest absolute Gasteiger partial charge is 0.312 e. The molecule has 94 valence electrons. The Morgan fingerprint density at radius 3 is 2.56 bits per heavy atom. The molecule has 0 radical (unpaired) electrons. The van der Waals surface area contributed by atoms with Crippen LogP contribution in [0, 0.1) is 16.7 Å². The van der Waals surface area contributed by atoms with Gasteiger partial charge in [-0.3, -0.25) is 4.21 Å². The van der Waals surface area contributed by atoms with Gasteiger partial charge in [-0.2, -0.15) is 0 Å². The molecule has 0 heterocycles.